The summed E-state index contributed by atoms with van der Waals surface area (Å²) in [6.45, 7) is 6.14. The first-order chi connectivity index (χ1) is 16.5. The van der Waals surface area contributed by atoms with Gasteiger partial charge in [0.2, 0.25) is 0 Å². The number of aryl methyl sites for hydroxylation is 1. The van der Waals surface area contributed by atoms with Crippen molar-refractivity contribution in [3.63, 3.8) is 0 Å². The highest BCUT2D eigenvalue weighted by atomic mass is 32.2. The van der Waals surface area contributed by atoms with Crippen LogP contribution >= 0.6 is 23.1 Å². The van der Waals surface area contributed by atoms with Gasteiger partial charge in [-0.2, -0.15) is 0 Å². The Hall–Kier alpha value is -2.62. The third kappa shape index (κ3) is 6.49. The number of anilines is 2. The maximum Gasteiger partial charge on any atom is 0.319 e. The predicted octanol–water partition coefficient (Wildman–Crippen LogP) is 5.75. The molecule has 0 aliphatic carbocycles. The average Bonchev–Trinajstić information content (AvgIpc) is 3.25. The Morgan fingerprint density at radius 1 is 1.29 bits per heavy atom. The molecule has 1 aliphatic rings. The lowest BCUT2D eigenvalue weighted by molar-refractivity contribution is -0.143. The molecule has 3 heterocycles. The van der Waals surface area contributed by atoms with Crippen LogP contribution in [0.5, 0.6) is 11.5 Å². The molecule has 0 bridgehead atoms. The number of piperidine rings is 1. The van der Waals surface area contributed by atoms with Crippen molar-refractivity contribution >= 4 is 40.0 Å². The smallest absolute Gasteiger partial charge is 0.319 e. The maximum absolute atomic E-state index is 12.9. The SMILES string of the molecule is CCOC(=O)C(Sc1cnc(Nc2nc(C)cs2)c(Oc2ccccc2)c1)C1CCN(C)CC1. The van der Waals surface area contributed by atoms with Crippen molar-refractivity contribution in [3.8, 4) is 11.5 Å². The van der Waals surface area contributed by atoms with E-state index in [0.29, 0.717) is 23.9 Å². The number of thiazole rings is 1. The minimum Gasteiger partial charge on any atom is -0.465 e. The summed E-state index contributed by atoms with van der Waals surface area (Å²) in [6.07, 6.45) is 3.72. The molecule has 1 aliphatic heterocycles. The van der Waals surface area contributed by atoms with Crippen molar-refractivity contribution in [2.24, 2.45) is 5.92 Å². The number of esters is 1. The molecule has 9 heteroatoms. The number of ether oxygens (including phenoxy) is 2. The van der Waals surface area contributed by atoms with Gasteiger partial charge in [-0.3, -0.25) is 4.79 Å². The van der Waals surface area contributed by atoms with E-state index < -0.39 is 0 Å². The van der Waals surface area contributed by atoms with Gasteiger partial charge in [0.05, 0.1) is 12.3 Å². The van der Waals surface area contributed by atoms with Crippen LogP contribution in [-0.2, 0) is 9.53 Å². The monoisotopic (exact) mass is 498 g/mol. The van der Waals surface area contributed by atoms with Crippen LogP contribution in [0.4, 0.5) is 10.9 Å². The quantitative estimate of drug-likeness (QED) is 0.295. The van der Waals surface area contributed by atoms with Crippen LogP contribution < -0.4 is 10.1 Å². The summed E-state index contributed by atoms with van der Waals surface area (Å²) in [7, 11) is 2.12. The van der Waals surface area contributed by atoms with E-state index in [-0.39, 0.29) is 17.1 Å². The Morgan fingerprint density at radius 3 is 2.74 bits per heavy atom. The molecule has 7 nitrogen and oxygen atoms in total. The van der Waals surface area contributed by atoms with Crippen LogP contribution in [-0.4, -0.2) is 52.8 Å². The van der Waals surface area contributed by atoms with Gasteiger partial charge >= 0.3 is 5.97 Å². The Morgan fingerprint density at radius 2 is 2.06 bits per heavy atom. The third-order valence-electron chi connectivity index (χ3n) is 5.62. The van der Waals surface area contributed by atoms with Gasteiger partial charge in [0.25, 0.3) is 0 Å². The van der Waals surface area contributed by atoms with Gasteiger partial charge in [0.1, 0.15) is 11.0 Å². The molecule has 0 amide bonds. The number of hydrogen-bond acceptors (Lipinski definition) is 9. The summed E-state index contributed by atoms with van der Waals surface area (Å²) < 4.78 is 11.6. The zero-order chi connectivity index (χ0) is 23.9. The number of pyridine rings is 1. The minimum atomic E-state index is -0.277. The molecule has 0 saturated carbocycles. The van der Waals surface area contributed by atoms with Crippen LogP contribution in [0.15, 0.2) is 52.9 Å². The van der Waals surface area contributed by atoms with E-state index in [1.54, 1.807) is 6.20 Å². The van der Waals surface area contributed by atoms with Crippen molar-refractivity contribution in [1.82, 2.24) is 14.9 Å². The minimum absolute atomic E-state index is 0.159. The summed E-state index contributed by atoms with van der Waals surface area (Å²) >= 11 is 3.03. The van der Waals surface area contributed by atoms with Crippen molar-refractivity contribution < 1.29 is 14.3 Å². The van der Waals surface area contributed by atoms with Crippen LogP contribution in [0.3, 0.4) is 0 Å². The van der Waals surface area contributed by atoms with E-state index in [9.17, 15) is 4.79 Å². The number of aromatic nitrogens is 2. The van der Waals surface area contributed by atoms with Crippen LogP contribution in [0.2, 0.25) is 0 Å². The summed E-state index contributed by atoms with van der Waals surface area (Å²) in [5.74, 6) is 1.97. The number of carbonyl (C=O) groups is 1. The Balaban J connectivity index is 1.60. The molecule has 1 unspecified atom stereocenters. The first-order valence-corrected chi connectivity index (χ1v) is 13.2. The first-order valence-electron chi connectivity index (χ1n) is 11.5. The maximum atomic E-state index is 12.9. The number of rotatable bonds is 9. The Kier molecular flexibility index (Phi) is 8.42. The van der Waals surface area contributed by atoms with Gasteiger partial charge in [-0.15, -0.1) is 23.1 Å². The van der Waals surface area contributed by atoms with Crippen LogP contribution in [0.1, 0.15) is 25.5 Å². The lowest BCUT2D eigenvalue weighted by atomic mass is 9.93. The average molecular weight is 499 g/mol. The van der Waals surface area contributed by atoms with Gasteiger partial charge in [-0.1, -0.05) is 18.2 Å². The van der Waals surface area contributed by atoms with Gasteiger partial charge in [-0.25, -0.2) is 9.97 Å². The largest absolute Gasteiger partial charge is 0.465 e. The van der Waals surface area contributed by atoms with Crippen molar-refractivity contribution in [2.75, 3.05) is 32.1 Å². The fraction of sp³-hybridized carbons (Fsp3) is 0.400. The van der Waals surface area contributed by atoms with E-state index >= 15 is 0 Å². The van der Waals surface area contributed by atoms with E-state index in [0.717, 1.165) is 41.7 Å². The number of nitrogens with one attached hydrogen (secondary N) is 1. The Bertz CT molecular complexity index is 1080. The molecule has 1 atom stereocenters. The standard InChI is InChI=1S/C25H30N4O3S2/c1-4-31-24(30)22(18-10-12-29(3)13-11-18)34-20-14-21(32-19-8-6-5-7-9-19)23(26-15-20)28-25-27-17(2)16-33-25/h5-9,14-16,18,22H,4,10-13H2,1-3H3,(H,26,27,28). The molecule has 1 N–H and O–H groups in total. The lowest BCUT2D eigenvalue weighted by Crippen LogP contribution is -2.38. The number of nitrogens with zero attached hydrogens (tertiary/aromatic N) is 3. The zero-order valence-corrected chi connectivity index (χ0v) is 21.3. The van der Waals surface area contributed by atoms with E-state index in [1.165, 1.54) is 23.1 Å². The Labute approximate surface area is 208 Å². The molecule has 1 saturated heterocycles. The predicted molar refractivity (Wildman–Crippen MR) is 137 cm³/mol. The molecular weight excluding hydrogens is 468 g/mol. The van der Waals surface area contributed by atoms with E-state index in [1.807, 2.05) is 55.6 Å². The number of para-hydroxylation sites is 1. The molecule has 3 aromatic rings. The first kappa shape index (κ1) is 24.5. The second kappa shape index (κ2) is 11.7. The summed E-state index contributed by atoms with van der Waals surface area (Å²) in [5, 5.41) is 5.72. The number of carbonyl (C=O) groups excluding carboxylic acids is 1. The topological polar surface area (TPSA) is 76.6 Å². The fourth-order valence-corrected chi connectivity index (χ4v) is 5.73. The highest BCUT2D eigenvalue weighted by Crippen LogP contribution is 2.39. The molecule has 1 aromatic carbocycles. The summed E-state index contributed by atoms with van der Waals surface area (Å²) in [6, 6.07) is 11.5. The lowest BCUT2D eigenvalue weighted by Gasteiger charge is -2.32. The molecule has 4 rings (SSSR count). The second-order valence-corrected chi connectivity index (χ2v) is 10.4. The zero-order valence-electron chi connectivity index (χ0n) is 19.7. The van der Waals surface area contributed by atoms with Crippen molar-refractivity contribution in [3.05, 3.63) is 53.7 Å². The third-order valence-corrected chi connectivity index (χ3v) is 7.82. The number of hydrogen-bond donors (Lipinski definition) is 1. The normalized spacial score (nSPS) is 15.6. The molecular formula is C25H30N4O3S2. The van der Waals surface area contributed by atoms with Crippen LogP contribution in [0, 0.1) is 12.8 Å². The number of benzene rings is 1. The van der Waals surface area contributed by atoms with Gasteiger partial charge in [0.15, 0.2) is 16.7 Å². The number of thioether (sulfide) groups is 1. The van der Waals surface area contributed by atoms with Crippen molar-refractivity contribution in [1.29, 1.82) is 0 Å². The summed E-state index contributed by atoms with van der Waals surface area (Å²) in [5.41, 5.74) is 0.945. The molecule has 0 spiro atoms. The van der Waals surface area contributed by atoms with Gasteiger partial charge in [0, 0.05) is 16.5 Å². The molecule has 2 aromatic heterocycles. The molecule has 1 fully saturated rings. The van der Waals surface area contributed by atoms with Crippen molar-refractivity contribution in [2.45, 2.75) is 36.8 Å². The van der Waals surface area contributed by atoms with E-state index in [2.05, 4.69) is 27.2 Å². The molecule has 34 heavy (non-hydrogen) atoms. The second-order valence-electron chi connectivity index (χ2n) is 8.28. The molecule has 0 radical (unpaired) electrons. The van der Waals surface area contributed by atoms with E-state index in [4.69, 9.17) is 9.47 Å². The van der Waals surface area contributed by atoms with Gasteiger partial charge < -0.3 is 19.7 Å². The highest BCUT2D eigenvalue weighted by Gasteiger charge is 2.33. The number of likely N-dealkylation sites (tertiary alicyclic amines) is 1. The highest BCUT2D eigenvalue weighted by molar-refractivity contribution is 8.00. The van der Waals surface area contributed by atoms with Gasteiger partial charge in [-0.05, 0) is 70.9 Å². The van der Waals surface area contributed by atoms with Crippen LogP contribution in [0.25, 0.3) is 0 Å². The summed E-state index contributed by atoms with van der Waals surface area (Å²) in [4.78, 5) is 25.2. The molecule has 180 valence electrons. The fourth-order valence-electron chi connectivity index (χ4n) is 3.83.